The summed E-state index contributed by atoms with van der Waals surface area (Å²) < 4.78 is 5.74. The molecule has 196 valence electrons. The van der Waals surface area contributed by atoms with Crippen LogP contribution in [0.4, 0.5) is 0 Å². The van der Waals surface area contributed by atoms with E-state index in [-0.39, 0.29) is 18.5 Å². The number of carboxylic acids is 1. The van der Waals surface area contributed by atoms with Crippen LogP contribution in [0, 0.1) is 0 Å². The van der Waals surface area contributed by atoms with E-state index in [9.17, 15) is 9.59 Å². The van der Waals surface area contributed by atoms with Crippen molar-refractivity contribution in [3.8, 4) is 0 Å². The molecule has 0 aromatic rings. The van der Waals surface area contributed by atoms with Crippen molar-refractivity contribution in [3.05, 3.63) is 0 Å². The van der Waals surface area contributed by atoms with Gasteiger partial charge in [0, 0.05) is 12.8 Å². The molecular formula is C29H56O4. The lowest BCUT2D eigenvalue weighted by Crippen LogP contribution is -2.18. The van der Waals surface area contributed by atoms with Gasteiger partial charge in [-0.05, 0) is 32.1 Å². The predicted octanol–water partition coefficient (Wildman–Crippen LogP) is 9.39. The minimum absolute atomic E-state index is 0.0126. The summed E-state index contributed by atoms with van der Waals surface area (Å²) in [6, 6.07) is 0. The van der Waals surface area contributed by atoms with Crippen molar-refractivity contribution in [1.29, 1.82) is 0 Å². The minimum Gasteiger partial charge on any atom is -0.481 e. The van der Waals surface area contributed by atoms with E-state index < -0.39 is 5.97 Å². The summed E-state index contributed by atoms with van der Waals surface area (Å²) in [6.07, 6.45) is 27.2. The number of hydrogen-bond acceptors (Lipinski definition) is 3. The first kappa shape index (κ1) is 31.9. The molecular weight excluding hydrogens is 412 g/mol. The van der Waals surface area contributed by atoms with E-state index in [0.29, 0.717) is 12.8 Å². The summed E-state index contributed by atoms with van der Waals surface area (Å²) in [6.45, 7) is 4.43. The predicted molar refractivity (Wildman–Crippen MR) is 140 cm³/mol. The summed E-state index contributed by atoms with van der Waals surface area (Å²) in [5.74, 6) is -0.774. The normalized spacial score (nSPS) is 12.1. The van der Waals surface area contributed by atoms with E-state index in [1.165, 1.54) is 83.5 Å². The first-order chi connectivity index (χ1) is 16.1. The van der Waals surface area contributed by atoms with E-state index >= 15 is 0 Å². The molecule has 0 spiro atoms. The van der Waals surface area contributed by atoms with Gasteiger partial charge in [-0.3, -0.25) is 9.59 Å². The first-order valence-corrected chi connectivity index (χ1v) is 14.5. The van der Waals surface area contributed by atoms with Gasteiger partial charge >= 0.3 is 11.9 Å². The van der Waals surface area contributed by atoms with Gasteiger partial charge in [0.2, 0.25) is 0 Å². The van der Waals surface area contributed by atoms with Gasteiger partial charge in [-0.15, -0.1) is 0 Å². The zero-order chi connectivity index (χ0) is 24.4. The molecule has 0 aliphatic heterocycles. The third-order valence-electron chi connectivity index (χ3n) is 6.58. The first-order valence-electron chi connectivity index (χ1n) is 14.5. The van der Waals surface area contributed by atoms with Crippen LogP contribution in [-0.2, 0) is 14.3 Å². The molecule has 4 nitrogen and oxygen atoms in total. The van der Waals surface area contributed by atoms with Crippen LogP contribution in [0.5, 0.6) is 0 Å². The Morgan fingerprint density at radius 3 is 1.42 bits per heavy atom. The minimum atomic E-state index is -0.729. The van der Waals surface area contributed by atoms with Crippen LogP contribution in [0.3, 0.4) is 0 Å². The van der Waals surface area contributed by atoms with E-state index in [1.807, 2.05) is 0 Å². The van der Waals surface area contributed by atoms with Gasteiger partial charge in [-0.2, -0.15) is 0 Å². The Labute approximate surface area is 205 Å². The van der Waals surface area contributed by atoms with Crippen molar-refractivity contribution >= 4 is 11.9 Å². The lowest BCUT2D eigenvalue weighted by atomic mass is 10.0. The Morgan fingerprint density at radius 2 is 0.939 bits per heavy atom. The molecule has 0 radical (unpaired) electrons. The van der Waals surface area contributed by atoms with E-state index in [1.54, 1.807) is 0 Å². The Kier molecular flexibility index (Phi) is 24.7. The topological polar surface area (TPSA) is 63.6 Å². The highest BCUT2D eigenvalue weighted by Crippen LogP contribution is 2.17. The standard InChI is InChI=1S/C29H56O4/c1-3-5-7-8-9-10-11-12-13-14-15-16-17-18-22-26-29(32)33-27(23-6-4-2)24-20-19-21-25-28(30)31/h27H,3-26H2,1-2H3,(H,30,31). The summed E-state index contributed by atoms with van der Waals surface area (Å²) in [5, 5.41) is 8.72. The molecule has 1 unspecified atom stereocenters. The molecule has 4 heteroatoms. The maximum atomic E-state index is 12.2. The molecule has 0 aromatic carbocycles. The van der Waals surface area contributed by atoms with Crippen molar-refractivity contribution in [2.75, 3.05) is 0 Å². The second kappa shape index (κ2) is 25.6. The zero-order valence-electron chi connectivity index (χ0n) is 22.2. The second-order valence-electron chi connectivity index (χ2n) is 9.95. The third kappa shape index (κ3) is 25.4. The summed E-state index contributed by atoms with van der Waals surface area (Å²) >= 11 is 0. The molecule has 0 heterocycles. The molecule has 0 saturated heterocycles. The Bertz CT molecular complexity index is 435. The van der Waals surface area contributed by atoms with E-state index in [4.69, 9.17) is 9.84 Å². The molecule has 0 aromatic heterocycles. The van der Waals surface area contributed by atoms with E-state index in [2.05, 4.69) is 13.8 Å². The van der Waals surface area contributed by atoms with Gasteiger partial charge in [-0.25, -0.2) is 0 Å². The number of ether oxygens (including phenoxy) is 1. The average molecular weight is 469 g/mol. The maximum Gasteiger partial charge on any atom is 0.306 e. The number of rotatable bonds is 26. The quantitative estimate of drug-likeness (QED) is 0.101. The van der Waals surface area contributed by atoms with Crippen molar-refractivity contribution in [2.24, 2.45) is 0 Å². The van der Waals surface area contributed by atoms with Crippen LogP contribution in [0.2, 0.25) is 0 Å². The molecule has 0 bridgehead atoms. The van der Waals surface area contributed by atoms with Crippen LogP contribution in [0.25, 0.3) is 0 Å². The number of carbonyl (C=O) groups is 2. The smallest absolute Gasteiger partial charge is 0.306 e. The summed E-state index contributed by atoms with van der Waals surface area (Å²) in [4.78, 5) is 22.8. The highest BCUT2D eigenvalue weighted by atomic mass is 16.5. The van der Waals surface area contributed by atoms with Gasteiger partial charge in [-0.1, -0.05) is 123 Å². The summed E-state index contributed by atoms with van der Waals surface area (Å²) in [7, 11) is 0. The Balaban J connectivity index is 3.58. The van der Waals surface area contributed by atoms with Crippen LogP contribution in [-0.4, -0.2) is 23.1 Å². The van der Waals surface area contributed by atoms with Crippen molar-refractivity contribution in [2.45, 2.75) is 174 Å². The molecule has 0 saturated carbocycles. The van der Waals surface area contributed by atoms with Gasteiger partial charge in [0.15, 0.2) is 0 Å². The Morgan fingerprint density at radius 1 is 0.545 bits per heavy atom. The lowest BCUT2D eigenvalue weighted by Gasteiger charge is -2.17. The van der Waals surface area contributed by atoms with Crippen molar-refractivity contribution < 1.29 is 19.4 Å². The highest BCUT2D eigenvalue weighted by molar-refractivity contribution is 5.69. The van der Waals surface area contributed by atoms with E-state index in [0.717, 1.165) is 51.4 Å². The second-order valence-corrected chi connectivity index (χ2v) is 9.95. The molecule has 33 heavy (non-hydrogen) atoms. The van der Waals surface area contributed by atoms with Gasteiger partial charge in [0.25, 0.3) is 0 Å². The maximum absolute atomic E-state index is 12.2. The van der Waals surface area contributed by atoms with Gasteiger partial charge < -0.3 is 9.84 Å². The fraction of sp³-hybridized carbons (Fsp3) is 0.931. The number of unbranched alkanes of at least 4 members (excludes halogenated alkanes) is 17. The molecule has 1 N–H and O–H groups in total. The molecule has 0 aliphatic carbocycles. The van der Waals surface area contributed by atoms with Crippen LogP contribution in [0.1, 0.15) is 168 Å². The molecule has 0 fully saturated rings. The molecule has 0 aliphatic rings. The number of hydrogen-bond donors (Lipinski definition) is 1. The number of aliphatic carboxylic acids is 1. The molecule has 1 atom stereocenters. The van der Waals surface area contributed by atoms with Crippen molar-refractivity contribution in [3.63, 3.8) is 0 Å². The zero-order valence-corrected chi connectivity index (χ0v) is 22.2. The highest BCUT2D eigenvalue weighted by Gasteiger charge is 2.14. The monoisotopic (exact) mass is 468 g/mol. The SMILES string of the molecule is CCCCCCCCCCCCCCCCCC(=O)OC(CCCC)CCCCCC(=O)O. The van der Waals surface area contributed by atoms with Crippen LogP contribution in [0.15, 0.2) is 0 Å². The number of carboxylic acid groups (broad SMARTS) is 1. The third-order valence-corrected chi connectivity index (χ3v) is 6.58. The van der Waals surface area contributed by atoms with Gasteiger partial charge in [0.1, 0.15) is 6.10 Å². The summed E-state index contributed by atoms with van der Waals surface area (Å²) in [5.41, 5.74) is 0. The fourth-order valence-electron chi connectivity index (χ4n) is 4.40. The largest absolute Gasteiger partial charge is 0.481 e. The van der Waals surface area contributed by atoms with Crippen LogP contribution < -0.4 is 0 Å². The number of carbonyl (C=O) groups excluding carboxylic acids is 1. The molecule has 0 amide bonds. The lowest BCUT2D eigenvalue weighted by molar-refractivity contribution is -0.150. The van der Waals surface area contributed by atoms with Gasteiger partial charge in [0.05, 0.1) is 0 Å². The van der Waals surface area contributed by atoms with Crippen molar-refractivity contribution in [1.82, 2.24) is 0 Å². The fourth-order valence-corrected chi connectivity index (χ4v) is 4.40. The Hall–Kier alpha value is -1.06. The number of esters is 1. The van der Waals surface area contributed by atoms with Crippen LogP contribution >= 0.6 is 0 Å². The molecule has 0 rings (SSSR count). The average Bonchev–Trinajstić information content (AvgIpc) is 2.79.